The van der Waals surface area contributed by atoms with E-state index in [1.54, 1.807) is 11.3 Å². The van der Waals surface area contributed by atoms with E-state index in [4.69, 9.17) is 4.99 Å². The molecule has 152 valence electrons. The molecule has 1 aliphatic heterocycles. The summed E-state index contributed by atoms with van der Waals surface area (Å²) in [4.78, 5) is 14.1. The zero-order valence-electron chi connectivity index (χ0n) is 17.2. The fourth-order valence-corrected chi connectivity index (χ4v) is 3.98. The molecule has 0 spiro atoms. The number of piperazine rings is 1. The zero-order valence-corrected chi connectivity index (χ0v) is 18.0. The van der Waals surface area contributed by atoms with Gasteiger partial charge in [-0.05, 0) is 60.0 Å². The van der Waals surface area contributed by atoms with Crippen LogP contribution >= 0.6 is 11.3 Å². The van der Waals surface area contributed by atoms with E-state index >= 15 is 0 Å². The number of likely N-dealkylation sites (N-methyl/N-ethyl adjacent to an activating group) is 1. The molecule has 1 atom stereocenters. The number of anilines is 1. The van der Waals surface area contributed by atoms with Crippen LogP contribution in [0.1, 0.15) is 30.9 Å². The Morgan fingerprint density at radius 3 is 2.79 bits per heavy atom. The lowest BCUT2D eigenvalue weighted by Crippen LogP contribution is -2.44. The van der Waals surface area contributed by atoms with Crippen molar-refractivity contribution >= 4 is 23.1 Å². The lowest BCUT2D eigenvalue weighted by Gasteiger charge is -2.33. The Bertz CT molecular complexity index is 737. The maximum atomic E-state index is 4.78. The Morgan fingerprint density at radius 2 is 2.07 bits per heavy atom. The van der Waals surface area contributed by atoms with Gasteiger partial charge in [0, 0.05) is 45.5 Å². The summed E-state index contributed by atoms with van der Waals surface area (Å²) in [6.07, 6.45) is 1.90. The topological polar surface area (TPSA) is 55.8 Å². The summed E-state index contributed by atoms with van der Waals surface area (Å²) in [5, 5.41) is 11.2. The molecule has 6 nitrogen and oxygen atoms in total. The Balaban J connectivity index is 1.58. The van der Waals surface area contributed by atoms with Crippen LogP contribution in [0.25, 0.3) is 0 Å². The van der Waals surface area contributed by atoms with Crippen molar-refractivity contribution in [3.05, 3.63) is 46.3 Å². The number of aromatic nitrogens is 1. The van der Waals surface area contributed by atoms with Crippen molar-refractivity contribution in [2.45, 2.75) is 26.3 Å². The molecule has 0 amide bonds. The van der Waals surface area contributed by atoms with Gasteiger partial charge in [0.05, 0.1) is 6.54 Å². The molecule has 0 radical (unpaired) electrons. The summed E-state index contributed by atoms with van der Waals surface area (Å²) in [7, 11) is 2.17. The van der Waals surface area contributed by atoms with Gasteiger partial charge in [0.1, 0.15) is 5.82 Å². The highest BCUT2D eigenvalue weighted by Crippen LogP contribution is 2.17. The second-order valence-corrected chi connectivity index (χ2v) is 8.13. The molecule has 0 bridgehead atoms. The van der Waals surface area contributed by atoms with Crippen molar-refractivity contribution in [3.8, 4) is 0 Å². The van der Waals surface area contributed by atoms with Crippen molar-refractivity contribution in [1.29, 1.82) is 0 Å². The van der Waals surface area contributed by atoms with E-state index in [9.17, 15) is 0 Å². The zero-order chi connectivity index (χ0) is 19.8. The van der Waals surface area contributed by atoms with Gasteiger partial charge in [-0.15, -0.1) is 0 Å². The third-order valence-corrected chi connectivity index (χ3v) is 5.79. The van der Waals surface area contributed by atoms with Crippen LogP contribution in [-0.2, 0) is 6.54 Å². The number of hydrogen-bond acceptors (Lipinski definition) is 5. The van der Waals surface area contributed by atoms with Crippen molar-refractivity contribution in [2.24, 2.45) is 4.99 Å². The lowest BCUT2D eigenvalue weighted by molar-refractivity contribution is 0.312. The van der Waals surface area contributed by atoms with Crippen LogP contribution in [-0.4, -0.2) is 62.2 Å². The smallest absolute Gasteiger partial charge is 0.191 e. The minimum Gasteiger partial charge on any atom is -0.357 e. The van der Waals surface area contributed by atoms with Crippen LogP contribution in [0.15, 0.2) is 40.1 Å². The number of nitrogens with zero attached hydrogens (tertiary/aromatic N) is 4. The van der Waals surface area contributed by atoms with Crippen molar-refractivity contribution in [2.75, 3.05) is 51.2 Å². The van der Waals surface area contributed by atoms with Crippen LogP contribution in [0.2, 0.25) is 0 Å². The molecule has 0 aliphatic carbocycles. The normalized spacial score (nSPS) is 16.8. The van der Waals surface area contributed by atoms with Crippen molar-refractivity contribution in [1.82, 2.24) is 20.5 Å². The first-order valence-corrected chi connectivity index (χ1v) is 11.0. The maximum Gasteiger partial charge on any atom is 0.191 e. The van der Waals surface area contributed by atoms with Crippen LogP contribution in [0.3, 0.4) is 0 Å². The predicted molar refractivity (Wildman–Crippen MR) is 119 cm³/mol. The van der Waals surface area contributed by atoms with Gasteiger partial charge in [-0.3, -0.25) is 0 Å². The van der Waals surface area contributed by atoms with Crippen LogP contribution in [0.4, 0.5) is 5.82 Å². The molecular formula is C21H32N6S. The SMILES string of the molecule is CCNC(=NCc1ccnc(N2CCN(C)CC2)c1)NCC(C)c1ccsc1. The minimum absolute atomic E-state index is 0.458. The molecule has 0 aromatic carbocycles. The Morgan fingerprint density at radius 1 is 1.25 bits per heavy atom. The Hall–Kier alpha value is -2.12. The number of thiophene rings is 1. The quantitative estimate of drug-likeness (QED) is 0.553. The number of nitrogens with one attached hydrogen (secondary N) is 2. The van der Waals surface area contributed by atoms with Gasteiger partial charge >= 0.3 is 0 Å². The highest BCUT2D eigenvalue weighted by molar-refractivity contribution is 7.07. The van der Waals surface area contributed by atoms with Gasteiger partial charge in [-0.2, -0.15) is 11.3 Å². The lowest BCUT2D eigenvalue weighted by atomic mass is 10.1. The molecule has 1 aliphatic rings. The van der Waals surface area contributed by atoms with E-state index in [0.29, 0.717) is 12.5 Å². The van der Waals surface area contributed by atoms with Crippen LogP contribution in [0.5, 0.6) is 0 Å². The number of guanidine groups is 1. The molecule has 3 heterocycles. The Labute approximate surface area is 172 Å². The minimum atomic E-state index is 0.458. The van der Waals surface area contributed by atoms with E-state index < -0.39 is 0 Å². The summed E-state index contributed by atoms with van der Waals surface area (Å²) in [5.41, 5.74) is 2.56. The predicted octanol–water partition coefficient (Wildman–Crippen LogP) is 2.75. The van der Waals surface area contributed by atoms with Gasteiger partial charge < -0.3 is 20.4 Å². The first kappa shape index (κ1) is 20.6. The second kappa shape index (κ2) is 10.4. The third-order valence-electron chi connectivity index (χ3n) is 5.09. The van der Waals surface area contributed by atoms with Crippen LogP contribution < -0.4 is 15.5 Å². The highest BCUT2D eigenvalue weighted by atomic mass is 32.1. The molecule has 0 saturated carbocycles. The summed E-state index contributed by atoms with van der Waals surface area (Å²) in [6.45, 7) is 10.9. The number of rotatable bonds is 7. The van der Waals surface area contributed by atoms with E-state index in [-0.39, 0.29) is 0 Å². The summed E-state index contributed by atoms with van der Waals surface area (Å²) in [6, 6.07) is 6.42. The van der Waals surface area contributed by atoms with Gasteiger partial charge in [0.15, 0.2) is 5.96 Å². The van der Waals surface area contributed by atoms with Gasteiger partial charge in [-0.1, -0.05) is 6.92 Å². The third kappa shape index (κ3) is 5.94. The molecule has 28 heavy (non-hydrogen) atoms. The molecule has 1 fully saturated rings. The molecule has 7 heteroatoms. The van der Waals surface area contributed by atoms with E-state index in [1.807, 2.05) is 6.20 Å². The van der Waals surface area contributed by atoms with Gasteiger partial charge in [-0.25, -0.2) is 9.98 Å². The Kier molecular flexibility index (Phi) is 7.68. The molecule has 2 aromatic rings. The number of aliphatic imine (C=N–C) groups is 1. The number of hydrogen-bond donors (Lipinski definition) is 2. The molecular weight excluding hydrogens is 368 g/mol. The van der Waals surface area contributed by atoms with Gasteiger partial charge in [0.2, 0.25) is 0 Å². The van der Waals surface area contributed by atoms with E-state index in [1.165, 1.54) is 11.1 Å². The van der Waals surface area contributed by atoms with E-state index in [0.717, 1.165) is 51.0 Å². The second-order valence-electron chi connectivity index (χ2n) is 7.35. The first-order valence-electron chi connectivity index (χ1n) is 10.1. The molecule has 1 saturated heterocycles. The van der Waals surface area contributed by atoms with Crippen molar-refractivity contribution < 1.29 is 0 Å². The fraction of sp³-hybridized carbons (Fsp3) is 0.524. The van der Waals surface area contributed by atoms with Crippen LogP contribution in [0, 0.1) is 0 Å². The average Bonchev–Trinajstić information content (AvgIpc) is 3.26. The van der Waals surface area contributed by atoms with Crippen molar-refractivity contribution in [3.63, 3.8) is 0 Å². The highest BCUT2D eigenvalue weighted by Gasteiger charge is 2.15. The standard InChI is InChI=1S/C21H32N6S/c1-4-22-21(24-14-17(2)19-6-12-28-16-19)25-15-18-5-7-23-20(13-18)27-10-8-26(3)9-11-27/h5-7,12-13,16-17H,4,8-11,14-15H2,1-3H3,(H2,22,24,25). The summed E-state index contributed by atoms with van der Waals surface area (Å²) >= 11 is 1.75. The molecule has 3 rings (SSSR count). The number of pyridine rings is 1. The fourth-order valence-electron chi connectivity index (χ4n) is 3.20. The molecule has 2 aromatic heterocycles. The largest absolute Gasteiger partial charge is 0.357 e. The first-order chi connectivity index (χ1) is 13.7. The summed E-state index contributed by atoms with van der Waals surface area (Å²) in [5.74, 6) is 2.38. The average molecular weight is 401 g/mol. The maximum absolute atomic E-state index is 4.78. The summed E-state index contributed by atoms with van der Waals surface area (Å²) < 4.78 is 0. The monoisotopic (exact) mass is 400 g/mol. The van der Waals surface area contributed by atoms with E-state index in [2.05, 4.69) is 75.3 Å². The molecule has 2 N–H and O–H groups in total. The van der Waals surface area contributed by atoms with Gasteiger partial charge in [0.25, 0.3) is 0 Å². The molecule has 1 unspecified atom stereocenters.